The zero-order valence-electron chi connectivity index (χ0n) is 23.1. The molecule has 0 spiro atoms. The van der Waals surface area contributed by atoms with Gasteiger partial charge in [-0.15, -0.1) is 11.3 Å². The summed E-state index contributed by atoms with van der Waals surface area (Å²) in [5.74, 6) is 2.77. The van der Waals surface area contributed by atoms with Crippen molar-refractivity contribution in [2.75, 3.05) is 55.3 Å². The molecule has 2 aromatic heterocycles. The molecule has 8 nitrogen and oxygen atoms in total. The fourth-order valence-electron chi connectivity index (χ4n) is 6.29. The summed E-state index contributed by atoms with van der Waals surface area (Å²) in [6.07, 6.45) is 9.08. The van der Waals surface area contributed by atoms with Crippen LogP contribution in [0, 0.1) is 5.92 Å². The van der Waals surface area contributed by atoms with E-state index in [1.54, 1.807) is 11.3 Å². The molecule has 0 bridgehead atoms. The first-order valence-corrected chi connectivity index (χ1v) is 15.5. The number of anilines is 3. The summed E-state index contributed by atoms with van der Waals surface area (Å²) in [6, 6.07) is 8.80. The number of rotatable bonds is 6. The van der Waals surface area contributed by atoms with E-state index in [4.69, 9.17) is 10.7 Å². The monoisotopic (exact) mass is 547 g/mol. The van der Waals surface area contributed by atoms with Crippen LogP contribution in [-0.4, -0.2) is 64.7 Å². The lowest BCUT2D eigenvalue weighted by atomic mass is 9.93. The van der Waals surface area contributed by atoms with Crippen LogP contribution >= 0.6 is 11.3 Å². The van der Waals surface area contributed by atoms with E-state index in [0.717, 1.165) is 80.0 Å². The SMILES string of the molecule is CN1CCN(c2cc(N3CCc4ccc(-c5nc(C(O)CC6CCCCCC6)cs5)cc4C3)nc(N)n2)CC1. The number of benzene rings is 1. The zero-order valence-corrected chi connectivity index (χ0v) is 23.9. The Morgan fingerprint density at radius 3 is 2.44 bits per heavy atom. The van der Waals surface area contributed by atoms with Gasteiger partial charge in [0.25, 0.3) is 0 Å². The van der Waals surface area contributed by atoms with Crippen LogP contribution in [0.1, 0.15) is 67.9 Å². The van der Waals surface area contributed by atoms with E-state index in [9.17, 15) is 5.11 Å². The smallest absolute Gasteiger partial charge is 0.223 e. The maximum absolute atomic E-state index is 10.9. The number of hydrogen-bond acceptors (Lipinski definition) is 9. The van der Waals surface area contributed by atoms with Crippen LogP contribution < -0.4 is 15.5 Å². The second kappa shape index (κ2) is 11.8. The topological polar surface area (TPSA) is 94.6 Å². The normalized spacial score (nSPS) is 20.1. The molecular weight excluding hydrogens is 506 g/mol. The number of thiazole rings is 1. The van der Waals surface area contributed by atoms with Gasteiger partial charge >= 0.3 is 0 Å². The maximum atomic E-state index is 10.9. The minimum Gasteiger partial charge on any atom is -0.387 e. The lowest BCUT2D eigenvalue weighted by molar-refractivity contribution is 0.135. The molecule has 6 rings (SSSR count). The van der Waals surface area contributed by atoms with Crippen LogP contribution in [0.4, 0.5) is 17.6 Å². The van der Waals surface area contributed by atoms with Crippen LogP contribution in [0.5, 0.6) is 0 Å². The average Bonchev–Trinajstić information content (AvgIpc) is 3.31. The Hall–Kier alpha value is -2.75. The van der Waals surface area contributed by atoms with Gasteiger partial charge in [-0.3, -0.25) is 0 Å². The number of piperazine rings is 1. The first-order chi connectivity index (χ1) is 19.0. The first kappa shape index (κ1) is 26.5. The number of aliphatic hydroxyl groups is 1. The van der Waals surface area contributed by atoms with Crippen molar-refractivity contribution >= 4 is 28.9 Å². The van der Waals surface area contributed by atoms with Crippen LogP contribution in [-0.2, 0) is 13.0 Å². The van der Waals surface area contributed by atoms with Crippen molar-refractivity contribution in [2.45, 2.75) is 64.0 Å². The number of nitrogens with zero attached hydrogens (tertiary/aromatic N) is 6. The van der Waals surface area contributed by atoms with Gasteiger partial charge in [0.05, 0.1) is 11.8 Å². The molecule has 39 heavy (non-hydrogen) atoms. The van der Waals surface area contributed by atoms with Crippen molar-refractivity contribution in [3.63, 3.8) is 0 Å². The second-order valence-corrected chi connectivity index (χ2v) is 12.4. The molecule has 3 aromatic rings. The third kappa shape index (κ3) is 6.21. The molecule has 1 saturated heterocycles. The van der Waals surface area contributed by atoms with Gasteiger partial charge in [-0.2, -0.15) is 9.97 Å². The highest BCUT2D eigenvalue weighted by Gasteiger charge is 2.23. The third-order valence-corrected chi connectivity index (χ3v) is 9.64. The average molecular weight is 548 g/mol. The molecule has 1 aliphatic carbocycles. The summed E-state index contributed by atoms with van der Waals surface area (Å²) in [5, 5.41) is 14.0. The summed E-state index contributed by atoms with van der Waals surface area (Å²) in [5.41, 5.74) is 10.8. The van der Waals surface area contributed by atoms with Crippen LogP contribution in [0.15, 0.2) is 29.6 Å². The summed E-state index contributed by atoms with van der Waals surface area (Å²) >= 11 is 1.63. The largest absolute Gasteiger partial charge is 0.387 e. The number of nitrogen functional groups attached to an aromatic ring is 1. The number of hydrogen-bond donors (Lipinski definition) is 2. The van der Waals surface area contributed by atoms with Gasteiger partial charge < -0.3 is 25.5 Å². The number of aliphatic hydroxyl groups excluding tert-OH is 1. The molecule has 4 heterocycles. The molecule has 1 saturated carbocycles. The minimum absolute atomic E-state index is 0.332. The highest BCUT2D eigenvalue weighted by Crippen LogP contribution is 2.35. The quantitative estimate of drug-likeness (QED) is 0.421. The Morgan fingerprint density at radius 1 is 0.923 bits per heavy atom. The summed E-state index contributed by atoms with van der Waals surface area (Å²) in [4.78, 5) is 21.0. The van der Waals surface area contributed by atoms with Crippen molar-refractivity contribution in [3.8, 4) is 10.6 Å². The van der Waals surface area contributed by atoms with Crippen molar-refractivity contribution in [1.29, 1.82) is 0 Å². The fourth-order valence-corrected chi connectivity index (χ4v) is 7.16. The number of aromatic nitrogens is 3. The van der Waals surface area contributed by atoms with E-state index in [1.165, 1.54) is 49.7 Å². The lowest BCUT2D eigenvalue weighted by Gasteiger charge is -2.34. The Morgan fingerprint density at radius 2 is 1.67 bits per heavy atom. The second-order valence-electron chi connectivity index (χ2n) is 11.6. The molecule has 3 N–H and O–H groups in total. The van der Waals surface area contributed by atoms with E-state index in [0.29, 0.717) is 11.9 Å². The zero-order chi connectivity index (χ0) is 26.8. The van der Waals surface area contributed by atoms with Crippen molar-refractivity contribution in [3.05, 3.63) is 46.5 Å². The minimum atomic E-state index is -0.469. The molecule has 208 valence electrons. The van der Waals surface area contributed by atoms with Crippen molar-refractivity contribution < 1.29 is 5.11 Å². The van der Waals surface area contributed by atoms with Gasteiger partial charge in [0.1, 0.15) is 16.6 Å². The molecule has 2 aliphatic heterocycles. The van der Waals surface area contributed by atoms with E-state index >= 15 is 0 Å². The van der Waals surface area contributed by atoms with Gasteiger partial charge in [0.2, 0.25) is 5.95 Å². The predicted octanol–water partition coefficient (Wildman–Crippen LogP) is 4.89. The molecule has 1 unspecified atom stereocenters. The molecule has 9 heteroatoms. The van der Waals surface area contributed by atoms with Crippen LogP contribution in [0.3, 0.4) is 0 Å². The van der Waals surface area contributed by atoms with Gasteiger partial charge in [-0.1, -0.05) is 50.7 Å². The van der Waals surface area contributed by atoms with Crippen LogP contribution in [0.2, 0.25) is 0 Å². The lowest BCUT2D eigenvalue weighted by Crippen LogP contribution is -2.45. The Labute approximate surface area is 235 Å². The van der Waals surface area contributed by atoms with E-state index in [1.807, 2.05) is 5.38 Å². The highest BCUT2D eigenvalue weighted by molar-refractivity contribution is 7.13. The number of nitrogens with two attached hydrogens (primary N) is 1. The Kier molecular flexibility index (Phi) is 7.99. The van der Waals surface area contributed by atoms with E-state index < -0.39 is 6.10 Å². The highest BCUT2D eigenvalue weighted by atomic mass is 32.1. The molecule has 0 amide bonds. The molecule has 1 atom stereocenters. The number of likely N-dealkylation sites (N-methyl/N-ethyl adjacent to an activating group) is 1. The Bertz CT molecular complexity index is 1260. The molecule has 3 aliphatic rings. The van der Waals surface area contributed by atoms with Gasteiger partial charge in [-0.25, -0.2) is 4.98 Å². The summed E-state index contributed by atoms with van der Waals surface area (Å²) in [6.45, 7) is 5.63. The van der Waals surface area contributed by atoms with Gasteiger partial charge in [0.15, 0.2) is 0 Å². The van der Waals surface area contributed by atoms with Gasteiger partial charge in [0, 0.05) is 56.3 Å². The molecule has 2 fully saturated rings. The predicted molar refractivity (Wildman–Crippen MR) is 159 cm³/mol. The molecule has 1 aromatic carbocycles. The maximum Gasteiger partial charge on any atom is 0.223 e. The molecular formula is C30H41N7OS. The van der Waals surface area contributed by atoms with Crippen molar-refractivity contribution in [1.82, 2.24) is 19.9 Å². The van der Waals surface area contributed by atoms with Gasteiger partial charge in [-0.05, 0) is 43.0 Å². The van der Waals surface area contributed by atoms with Crippen LogP contribution in [0.25, 0.3) is 10.6 Å². The van der Waals surface area contributed by atoms with E-state index in [-0.39, 0.29) is 0 Å². The first-order valence-electron chi connectivity index (χ1n) is 14.6. The standard InChI is InChI=1S/C30H41N7OS/c1-35-12-14-36(15-13-35)27-18-28(34-30(31)33-27)37-11-10-22-8-9-23(17-24(22)19-37)29-32-25(20-39-29)26(38)16-21-6-4-2-3-5-7-21/h8-9,17-18,20-21,26,38H,2-7,10-16,19H2,1H3,(H2,31,33,34). The number of fused-ring (bicyclic) bond motifs is 1. The summed E-state index contributed by atoms with van der Waals surface area (Å²) in [7, 11) is 2.16. The fraction of sp³-hybridized carbons (Fsp3) is 0.567. The third-order valence-electron chi connectivity index (χ3n) is 8.73. The molecule has 0 radical (unpaired) electrons. The summed E-state index contributed by atoms with van der Waals surface area (Å²) < 4.78 is 0. The Balaban J connectivity index is 1.16. The van der Waals surface area contributed by atoms with E-state index in [2.05, 4.69) is 56.0 Å². The van der Waals surface area contributed by atoms with Crippen molar-refractivity contribution in [2.24, 2.45) is 5.92 Å².